The van der Waals surface area contributed by atoms with Gasteiger partial charge < -0.3 is 10.0 Å². The Morgan fingerprint density at radius 1 is 1.05 bits per heavy atom. The summed E-state index contributed by atoms with van der Waals surface area (Å²) in [6.45, 7) is 5.33. The lowest BCUT2D eigenvalue weighted by molar-refractivity contribution is -0.136. The molecule has 2 aromatic rings. The first kappa shape index (κ1) is 15.1. The summed E-state index contributed by atoms with van der Waals surface area (Å²) < 4.78 is 0. The predicted molar refractivity (Wildman–Crippen MR) is 85.7 cm³/mol. The molecule has 2 rings (SSSR count). The van der Waals surface area contributed by atoms with Crippen LogP contribution in [0.1, 0.15) is 23.1 Å². The van der Waals surface area contributed by atoms with Gasteiger partial charge in [-0.1, -0.05) is 42.0 Å². The smallest absolute Gasteiger partial charge is 0.305 e. The van der Waals surface area contributed by atoms with Crippen LogP contribution >= 0.6 is 0 Å². The molecule has 0 aliphatic heterocycles. The Balaban J connectivity index is 2.19. The molecule has 0 atom stereocenters. The monoisotopic (exact) mass is 283 g/mol. The number of benzene rings is 2. The summed E-state index contributed by atoms with van der Waals surface area (Å²) in [4.78, 5) is 13.0. The fourth-order valence-electron chi connectivity index (χ4n) is 2.27. The van der Waals surface area contributed by atoms with Crippen molar-refractivity contribution >= 4 is 11.7 Å². The van der Waals surface area contributed by atoms with Crippen LogP contribution < -0.4 is 4.90 Å². The summed E-state index contributed by atoms with van der Waals surface area (Å²) >= 11 is 0. The van der Waals surface area contributed by atoms with E-state index in [0.717, 1.165) is 12.2 Å². The zero-order valence-corrected chi connectivity index (χ0v) is 12.5. The van der Waals surface area contributed by atoms with Crippen LogP contribution in [0.5, 0.6) is 0 Å². The summed E-state index contributed by atoms with van der Waals surface area (Å²) in [7, 11) is 0. The first-order valence-corrected chi connectivity index (χ1v) is 7.13. The SMILES string of the molecule is Cc1ccc(CN(CCC(=O)O)c2cccc(C)c2)cc1. The molecule has 0 radical (unpaired) electrons. The topological polar surface area (TPSA) is 40.5 Å². The van der Waals surface area contributed by atoms with E-state index in [1.807, 2.05) is 25.1 Å². The molecule has 0 fully saturated rings. The number of carboxylic acids is 1. The van der Waals surface area contributed by atoms with Crippen molar-refractivity contribution in [2.45, 2.75) is 26.8 Å². The van der Waals surface area contributed by atoms with E-state index in [4.69, 9.17) is 5.11 Å². The fraction of sp³-hybridized carbons (Fsp3) is 0.278. The molecule has 21 heavy (non-hydrogen) atoms. The average Bonchev–Trinajstić information content (AvgIpc) is 2.45. The van der Waals surface area contributed by atoms with Crippen molar-refractivity contribution in [1.82, 2.24) is 0 Å². The van der Waals surface area contributed by atoms with Gasteiger partial charge in [0.1, 0.15) is 0 Å². The van der Waals surface area contributed by atoms with Crippen molar-refractivity contribution in [3.05, 3.63) is 65.2 Å². The molecule has 0 saturated carbocycles. The maximum Gasteiger partial charge on any atom is 0.305 e. The van der Waals surface area contributed by atoms with Gasteiger partial charge in [-0.15, -0.1) is 0 Å². The third-order valence-electron chi connectivity index (χ3n) is 3.46. The highest BCUT2D eigenvalue weighted by Gasteiger charge is 2.10. The first-order valence-electron chi connectivity index (χ1n) is 7.13. The Morgan fingerprint density at radius 2 is 1.76 bits per heavy atom. The highest BCUT2D eigenvalue weighted by atomic mass is 16.4. The summed E-state index contributed by atoms with van der Waals surface area (Å²) in [5.41, 5.74) is 4.66. The molecule has 0 aromatic heterocycles. The Kier molecular flexibility index (Phi) is 4.99. The molecule has 2 aromatic carbocycles. The van der Waals surface area contributed by atoms with Gasteiger partial charge in [-0.3, -0.25) is 4.79 Å². The summed E-state index contributed by atoms with van der Waals surface area (Å²) in [5, 5.41) is 8.94. The number of carboxylic acid groups (broad SMARTS) is 1. The van der Waals surface area contributed by atoms with Crippen molar-refractivity contribution in [1.29, 1.82) is 0 Å². The lowest BCUT2D eigenvalue weighted by atomic mass is 10.1. The molecule has 3 nitrogen and oxygen atoms in total. The number of aliphatic carboxylic acids is 1. The maximum atomic E-state index is 10.9. The lowest BCUT2D eigenvalue weighted by Gasteiger charge is -2.25. The number of hydrogen-bond donors (Lipinski definition) is 1. The summed E-state index contributed by atoms with van der Waals surface area (Å²) in [6.07, 6.45) is 0.139. The molecule has 0 aliphatic rings. The minimum Gasteiger partial charge on any atom is -0.481 e. The van der Waals surface area contributed by atoms with E-state index in [1.54, 1.807) is 0 Å². The molecule has 0 aliphatic carbocycles. The standard InChI is InChI=1S/C18H21NO2/c1-14-6-8-16(9-7-14)13-19(11-10-18(20)21)17-5-3-4-15(2)12-17/h3-9,12H,10-11,13H2,1-2H3,(H,20,21). The van der Waals surface area contributed by atoms with E-state index in [9.17, 15) is 4.79 Å². The van der Waals surface area contributed by atoms with E-state index in [0.29, 0.717) is 6.54 Å². The van der Waals surface area contributed by atoms with E-state index >= 15 is 0 Å². The number of aryl methyl sites for hydroxylation is 2. The van der Waals surface area contributed by atoms with Crippen LogP contribution in [0, 0.1) is 13.8 Å². The molecule has 1 N–H and O–H groups in total. The van der Waals surface area contributed by atoms with E-state index in [-0.39, 0.29) is 6.42 Å². The predicted octanol–water partition coefficient (Wildman–Crippen LogP) is 3.78. The highest BCUT2D eigenvalue weighted by molar-refractivity contribution is 5.67. The van der Waals surface area contributed by atoms with Crippen LogP contribution in [0.15, 0.2) is 48.5 Å². The number of carbonyl (C=O) groups is 1. The van der Waals surface area contributed by atoms with Crippen molar-refractivity contribution < 1.29 is 9.90 Å². The van der Waals surface area contributed by atoms with Gasteiger partial charge >= 0.3 is 5.97 Å². The second kappa shape index (κ2) is 6.93. The van der Waals surface area contributed by atoms with E-state index in [1.165, 1.54) is 16.7 Å². The Bertz CT molecular complexity index is 605. The van der Waals surface area contributed by atoms with Crippen LogP contribution in [0.25, 0.3) is 0 Å². The number of nitrogens with zero attached hydrogens (tertiary/aromatic N) is 1. The average molecular weight is 283 g/mol. The Hall–Kier alpha value is -2.29. The molecule has 0 spiro atoms. The van der Waals surface area contributed by atoms with Gasteiger partial charge in [-0.05, 0) is 37.1 Å². The molecular formula is C18H21NO2. The van der Waals surface area contributed by atoms with Crippen LogP contribution in [-0.2, 0) is 11.3 Å². The zero-order valence-electron chi connectivity index (χ0n) is 12.5. The van der Waals surface area contributed by atoms with Crippen molar-refractivity contribution in [2.24, 2.45) is 0 Å². The Morgan fingerprint density at radius 3 is 2.38 bits per heavy atom. The summed E-state index contributed by atoms with van der Waals surface area (Å²) in [6, 6.07) is 16.5. The highest BCUT2D eigenvalue weighted by Crippen LogP contribution is 2.19. The third kappa shape index (κ3) is 4.63. The maximum absolute atomic E-state index is 10.9. The first-order chi connectivity index (χ1) is 10.0. The van der Waals surface area contributed by atoms with Gasteiger partial charge in [0.05, 0.1) is 6.42 Å². The van der Waals surface area contributed by atoms with E-state index in [2.05, 4.69) is 42.2 Å². The lowest BCUT2D eigenvalue weighted by Crippen LogP contribution is -2.25. The fourth-order valence-corrected chi connectivity index (χ4v) is 2.27. The minimum atomic E-state index is -0.767. The van der Waals surface area contributed by atoms with Gasteiger partial charge in [-0.25, -0.2) is 0 Å². The second-order valence-corrected chi connectivity index (χ2v) is 5.39. The van der Waals surface area contributed by atoms with Crippen LogP contribution in [0.3, 0.4) is 0 Å². The van der Waals surface area contributed by atoms with Crippen LogP contribution in [-0.4, -0.2) is 17.6 Å². The second-order valence-electron chi connectivity index (χ2n) is 5.39. The van der Waals surface area contributed by atoms with Gasteiger partial charge in [0.15, 0.2) is 0 Å². The molecule has 0 unspecified atom stereocenters. The van der Waals surface area contributed by atoms with E-state index < -0.39 is 5.97 Å². The van der Waals surface area contributed by atoms with Crippen molar-refractivity contribution in [2.75, 3.05) is 11.4 Å². The molecule has 3 heteroatoms. The van der Waals surface area contributed by atoms with Crippen molar-refractivity contribution in [3.63, 3.8) is 0 Å². The van der Waals surface area contributed by atoms with Gasteiger partial charge in [0.2, 0.25) is 0 Å². The van der Waals surface area contributed by atoms with Gasteiger partial charge in [0.25, 0.3) is 0 Å². The molecule has 0 saturated heterocycles. The van der Waals surface area contributed by atoms with Gasteiger partial charge in [-0.2, -0.15) is 0 Å². The quantitative estimate of drug-likeness (QED) is 0.877. The molecule has 0 bridgehead atoms. The zero-order chi connectivity index (χ0) is 15.2. The normalized spacial score (nSPS) is 10.4. The van der Waals surface area contributed by atoms with Crippen LogP contribution in [0.4, 0.5) is 5.69 Å². The molecular weight excluding hydrogens is 262 g/mol. The molecule has 0 amide bonds. The molecule has 0 heterocycles. The van der Waals surface area contributed by atoms with Gasteiger partial charge in [0, 0.05) is 18.8 Å². The number of hydrogen-bond acceptors (Lipinski definition) is 2. The Labute approximate surface area is 125 Å². The third-order valence-corrected chi connectivity index (χ3v) is 3.46. The molecule has 110 valence electrons. The van der Waals surface area contributed by atoms with Crippen LogP contribution in [0.2, 0.25) is 0 Å². The minimum absolute atomic E-state index is 0.139. The number of anilines is 1. The number of rotatable bonds is 6. The summed E-state index contributed by atoms with van der Waals surface area (Å²) in [5.74, 6) is -0.767. The largest absolute Gasteiger partial charge is 0.481 e. The van der Waals surface area contributed by atoms with Crippen molar-refractivity contribution in [3.8, 4) is 0 Å².